The molecule has 106 valence electrons. The van der Waals surface area contributed by atoms with E-state index >= 15 is 0 Å². The lowest BCUT2D eigenvalue weighted by Crippen LogP contribution is -2.65. The van der Waals surface area contributed by atoms with Crippen LogP contribution in [0, 0.1) is 0 Å². The second-order valence-corrected chi connectivity index (χ2v) is 6.74. The molecule has 2 saturated heterocycles. The highest BCUT2D eigenvalue weighted by Gasteiger charge is 2.44. The van der Waals surface area contributed by atoms with Gasteiger partial charge in [-0.05, 0) is 47.2 Å². The van der Waals surface area contributed by atoms with Crippen LogP contribution in [0.15, 0.2) is 0 Å². The molecule has 0 radical (unpaired) electrons. The molecule has 2 aliphatic heterocycles. The zero-order valence-electron chi connectivity index (χ0n) is 12.4. The maximum absolute atomic E-state index is 6.16. The Morgan fingerprint density at radius 1 is 1.33 bits per heavy atom. The molecular weight excluding hydrogens is 226 g/mol. The van der Waals surface area contributed by atoms with Crippen molar-refractivity contribution in [3.05, 3.63) is 0 Å². The molecule has 2 unspecified atom stereocenters. The highest BCUT2D eigenvalue weighted by molar-refractivity contribution is 5.01. The summed E-state index contributed by atoms with van der Waals surface area (Å²) in [6, 6.07) is 0.619. The molecule has 2 N–H and O–H groups in total. The largest absolute Gasteiger partial charge is 0.373 e. The van der Waals surface area contributed by atoms with Crippen LogP contribution in [0.1, 0.15) is 33.6 Å². The number of nitrogens with two attached hydrogens (primary N) is 1. The summed E-state index contributed by atoms with van der Waals surface area (Å²) in [5.74, 6) is 0. The summed E-state index contributed by atoms with van der Waals surface area (Å²) in [5, 5.41) is 0. The highest BCUT2D eigenvalue weighted by atomic mass is 16.5. The number of rotatable bonds is 2. The summed E-state index contributed by atoms with van der Waals surface area (Å²) in [5.41, 5.74) is 6.32. The van der Waals surface area contributed by atoms with Crippen LogP contribution in [-0.4, -0.2) is 66.8 Å². The van der Waals surface area contributed by atoms with E-state index in [-0.39, 0.29) is 11.1 Å². The van der Waals surface area contributed by atoms with Crippen molar-refractivity contribution in [2.75, 3.05) is 39.8 Å². The van der Waals surface area contributed by atoms with E-state index in [1.807, 2.05) is 0 Å². The third-order valence-electron chi connectivity index (χ3n) is 4.83. The Morgan fingerprint density at radius 3 is 2.61 bits per heavy atom. The quantitative estimate of drug-likeness (QED) is 0.796. The zero-order chi connectivity index (χ0) is 13.4. The van der Waals surface area contributed by atoms with Gasteiger partial charge in [0.05, 0.1) is 12.2 Å². The van der Waals surface area contributed by atoms with Crippen molar-refractivity contribution in [2.24, 2.45) is 5.73 Å². The lowest BCUT2D eigenvalue weighted by molar-refractivity contribution is -0.127. The van der Waals surface area contributed by atoms with Crippen LogP contribution in [0.2, 0.25) is 0 Å². The standard InChI is InChI=1S/C14H29N3O/c1-12-9-14(10-15,5-6-16(12)4)17-7-8-18-13(2,3)11-17/h12H,5-11,15H2,1-4H3. The number of nitrogens with zero attached hydrogens (tertiary/aromatic N) is 2. The lowest BCUT2D eigenvalue weighted by Gasteiger charge is -2.53. The topological polar surface area (TPSA) is 41.7 Å². The van der Waals surface area contributed by atoms with Gasteiger partial charge in [-0.15, -0.1) is 0 Å². The van der Waals surface area contributed by atoms with Gasteiger partial charge in [0.2, 0.25) is 0 Å². The molecule has 0 amide bonds. The fraction of sp³-hybridized carbons (Fsp3) is 1.00. The molecule has 0 aromatic heterocycles. The van der Waals surface area contributed by atoms with Gasteiger partial charge in [0, 0.05) is 31.2 Å². The van der Waals surface area contributed by atoms with Crippen LogP contribution in [0.3, 0.4) is 0 Å². The Bertz CT molecular complexity index is 295. The van der Waals surface area contributed by atoms with E-state index in [1.54, 1.807) is 0 Å². The first-order valence-electron chi connectivity index (χ1n) is 7.18. The number of morpholine rings is 1. The van der Waals surface area contributed by atoms with E-state index in [2.05, 4.69) is 37.6 Å². The van der Waals surface area contributed by atoms with Gasteiger partial charge in [-0.25, -0.2) is 0 Å². The summed E-state index contributed by atoms with van der Waals surface area (Å²) in [6.45, 7) is 11.5. The Balaban J connectivity index is 2.12. The smallest absolute Gasteiger partial charge is 0.0753 e. The molecule has 4 nitrogen and oxygen atoms in total. The van der Waals surface area contributed by atoms with E-state index < -0.39 is 0 Å². The molecule has 0 aliphatic carbocycles. The van der Waals surface area contributed by atoms with Crippen molar-refractivity contribution in [3.8, 4) is 0 Å². The molecule has 0 saturated carbocycles. The molecule has 18 heavy (non-hydrogen) atoms. The predicted molar refractivity (Wildman–Crippen MR) is 74.7 cm³/mol. The van der Waals surface area contributed by atoms with Crippen molar-refractivity contribution in [3.63, 3.8) is 0 Å². The van der Waals surface area contributed by atoms with E-state index in [0.29, 0.717) is 6.04 Å². The first-order chi connectivity index (χ1) is 8.38. The average Bonchev–Trinajstić information content (AvgIpc) is 2.32. The van der Waals surface area contributed by atoms with Gasteiger partial charge in [-0.1, -0.05) is 0 Å². The van der Waals surface area contributed by atoms with Gasteiger partial charge in [0.15, 0.2) is 0 Å². The fourth-order valence-corrected chi connectivity index (χ4v) is 3.44. The Hall–Kier alpha value is -0.160. The van der Waals surface area contributed by atoms with Crippen LogP contribution >= 0.6 is 0 Å². The second-order valence-electron chi connectivity index (χ2n) is 6.74. The van der Waals surface area contributed by atoms with Crippen molar-refractivity contribution < 1.29 is 4.74 Å². The number of hydrogen-bond donors (Lipinski definition) is 1. The van der Waals surface area contributed by atoms with Crippen LogP contribution in [-0.2, 0) is 4.74 Å². The monoisotopic (exact) mass is 255 g/mol. The lowest BCUT2D eigenvalue weighted by atomic mass is 9.81. The van der Waals surface area contributed by atoms with Gasteiger partial charge in [-0.3, -0.25) is 4.90 Å². The third kappa shape index (κ3) is 2.72. The SMILES string of the molecule is CC1CC(CN)(N2CCOC(C)(C)C2)CCN1C. The summed E-state index contributed by atoms with van der Waals surface area (Å²) in [6.07, 6.45) is 2.36. The Morgan fingerprint density at radius 2 is 2.06 bits per heavy atom. The normalized spacial score (nSPS) is 38.8. The van der Waals surface area contributed by atoms with Crippen molar-refractivity contribution in [1.29, 1.82) is 0 Å². The van der Waals surface area contributed by atoms with Gasteiger partial charge in [0.25, 0.3) is 0 Å². The minimum Gasteiger partial charge on any atom is -0.373 e. The zero-order valence-corrected chi connectivity index (χ0v) is 12.4. The van der Waals surface area contributed by atoms with E-state index in [1.165, 1.54) is 12.8 Å². The van der Waals surface area contributed by atoms with E-state index in [0.717, 1.165) is 32.8 Å². The summed E-state index contributed by atoms with van der Waals surface area (Å²) in [7, 11) is 2.22. The van der Waals surface area contributed by atoms with Crippen LogP contribution in [0.25, 0.3) is 0 Å². The molecule has 2 heterocycles. The number of likely N-dealkylation sites (tertiary alicyclic amines) is 1. The van der Waals surface area contributed by atoms with Crippen LogP contribution < -0.4 is 5.73 Å². The van der Waals surface area contributed by atoms with Crippen LogP contribution in [0.4, 0.5) is 0 Å². The maximum atomic E-state index is 6.16. The van der Waals surface area contributed by atoms with Gasteiger partial charge in [0.1, 0.15) is 0 Å². The minimum absolute atomic E-state index is 0.0347. The first kappa shape index (κ1) is 14.3. The average molecular weight is 255 g/mol. The number of hydrogen-bond acceptors (Lipinski definition) is 4. The number of piperidine rings is 1. The van der Waals surface area contributed by atoms with Crippen molar-refractivity contribution in [2.45, 2.75) is 50.8 Å². The summed E-state index contributed by atoms with van der Waals surface area (Å²) < 4.78 is 5.83. The molecule has 0 aromatic carbocycles. The van der Waals surface area contributed by atoms with E-state index in [9.17, 15) is 0 Å². The molecule has 2 fully saturated rings. The number of ether oxygens (including phenoxy) is 1. The van der Waals surface area contributed by atoms with Gasteiger partial charge >= 0.3 is 0 Å². The van der Waals surface area contributed by atoms with Crippen molar-refractivity contribution >= 4 is 0 Å². The highest BCUT2D eigenvalue weighted by Crippen LogP contribution is 2.34. The molecule has 0 spiro atoms. The minimum atomic E-state index is -0.0347. The van der Waals surface area contributed by atoms with Gasteiger partial charge < -0.3 is 15.4 Å². The van der Waals surface area contributed by atoms with Crippen molar-refractivity contribution in [1.82, 2.24) is 9.80 Å². The van der Waals surface area contributed by atoms with E-state index in [4.69, 9.17) is 10.5 Å². The molecule has 2 rings (SSSR count). The third-order valence-corrected chi connectivity index (χ3v) is 4.83. The molecule has 2 atom stereocenters. The summed E-state index contributed by atoms with van der Waals surface area (Å²) >= 11 is 0. The second kappa shape index (κ2) is 5.08. The molecule has 2 aliphatic rings. The predicted octanol–water partition coefficient (Wildman–Crippen LogP) is 0.909. The fourth-order valence-electron chi connectivity index (χ4n) is 3.44. The Labute approximate surface area is 111 Å². The maximum Gasteiger partial charge on any atom is 0.0753 e. The first-order valence-corrected chi connectivity index (χ1v) is 7.18. The summed E-state index contributed by atoms with van der Waals surface area (Å²) in [4.78, 5) is 5.04. The molecule has 0 bridgehead atoms. The van der Waals surface area contributed by atoms with Gasteiger partial charge in [-0.2, -0.15) is 0 Å². The molecule has 0 aromatic rings. The Kier molecular flexibility index (Phi) is 4.02. The molecular formula is C14H29N3O. The van der Waals surface area contributed by atoms with Crippen LogP contribution in [0.5, 0.6) is 0 Å². The molecule has 4 heteroatoms.